The van der Waals surface area contributed by atoms with E-state index in [0.29, 0.717) is 25.9 Å². The van der Waals surface area contributed by atoms with Crippen LogP contribution in [0.3, 0.4) is 0 Å². The molecule has 0 aliphatic heterocycles. The molecule has 150 valence electrons. The lowest BCUT2D eigenvalue weighted by Crippen LogP contribution is -2.18. The fraction of sp³-hybridized carbons (Fsp3) is 0.571. The molecule has 0 fully saturated rings. The topological polar surface area (TPSA) is 78.9 Å². The first-order valence-electron chi connectivity index (χ1n) is 9.37. The van der Waals surface area contributed by atoms with Crippen LogP contribution in [-0.4, -0.2) is 38.0 Å². The van der Waals surface area contributed by atoms with Gasteiger partial charge >= 0.3 is 11.9 Å². The number of ether oxygens (including phenoxy) is 3. The number of rotatable bonds is 14. The third kappa shape index (κ3) is 11.2. The molecular formula is C21H30O6. The molecule has 1 aromatic rings. The van der Waals surface area contributed by atoms with Gasteiger partial charge in [-0.2, -0.15) is 0 Å². The Morgan fingerprint density at radius 3 is 2.33 bits per heavy atom. The van der Waals surface area contributed by atoms with Crippen LogP contribution in [0.2, 0.25) is 0 Å². The van der Waals surface area contributed by atoms with Crippen LogP contribution < -0.4 is 0 Å². The molecule has 0 saturated heterocycles. The summed E-state index contributed by atoms with van der Waals surface area (Å²) >= 11 is 0. The summed E-state index contributed by atoms with van der Waals surface area (Å²) in [5.41, 5.74) is 0.905. The van der Waals surface area contributed by atoms with Crippen molar-refractivity contribution < 1.29 is 28.6 Å². The van der Waals surface area contributed by atoms with E-state index in [1.165, 1.54) is 6.92 Å². The molecule has 27 heavy (non-hydrogen) atoms. The molecule has 0 amide bonds. The van der Waals surface area contributed by atoms with Gasteiger partial charge in [0.15, 0.2) is 0 Å². The predicted molar refractivity (Wildman–Crippen MR) is 101 cm³/mol. The lowest BCUT2D eigenvalue weighted by molar-refractivity contribution is -0.148. The van der Waals surface area contributed by atoms with Crippen LogP contribution in [0.1, 0.15) is 51.0 Å². The van der Waals surface area contributed by atoms with Crippen molar-refractivity contribution in [3.8, 4) is 0 Å². The van der Waals surface area contributed by atoms with E-state index in [1.54, 1.807) is 7.11 Å². The van der Waals surface area contributed by atoms with E-state index in [0.717, 1.165) is 18.4 Å². The van der Waals surface area contributed by atoms with Crippen molar-refractivity contribution in [2.45, 2.75) is 52.1 Å². The Balaban J connectivity index is 2.22. The Morgan fingerprint density at radius 1 is 0.926 bits per heavy atom. The van der Waals surface area contributed by atoms with Crippen molar-refractivity contribution in [3.05, 3.63) is 35.9 Å². The van der Waals surface area contributed by atoms with Gasteiger partial charge in [-0.3, -0.25) is 14.4 Å². The van der Waals surface area contributed by atoms with Crippen molar-refractivity contribution in [3.63, 3.8) is 0 Å². The Hall–Kier alpha value is -2.21. The van der Waals surface area contributed by atoms with Crippen LogP contribution in [0, 0.1) is 5.92 Å². The molecule has 1 aromatic carbocycles. The average molecular weight is 378 g/mol. The highest BCUT2D eigenvalue weighted by molar-refractivity contribution is 5.83. The largest absolute Gasteiger partial charge is 0.466 e. The minimum Gasteiger partial charge on any atom is -0.466 e. The van der Waals surface area contributed by atoms with Gasteiger partial charge in [0.05, 0.1) is 13.0 Å². The number of hydrogen-bond acceptors (Lipinski definition) is 6. The maximum Gasteiger partial charge on any atom is 0.306 e. The maximum absolute atomic E-state index is 12.0. The van der Waals surface area contributed by atoms with Crippen molar-refractivity contribution in [2.24, 2.45) is 5.92 Å². The number of methoxy groups -OCH3 is 1. The average Bonchev–Trinajstić information content (AvgIpc) is 2.66. The summed E-state index contributed by atoms with van der Waals surface area (Å²) in [5.74, 6) is -1.10. The van der Waals surface area contributed by atoms with Crippen molar-refractivity contribution in [2.75, 3.05) is 20.3 Å². The Morgan fingerprint density at radius 2 is 1.67 bits per heavy atom. The minimum atomic E-state index is -0.409. The number of carbonyl (C=O) groups excluding carboxylic acids is 3. The number of esters is 2. The highest BCUT2D eigenvalue weighted by atomic mass is 16.5. The van der Waals surface area contributed by atoms with Crippen LogP contribution in [0.5, 0.6) is 0 Å². The van der Waals surface area contributed by atoms with Crippen LogP contribution in [0.25, 0.3) is 0 Å². The summed E-state index contributed by atoms with van der Waals surface area (Å²) in [6.07, 6.45) is 3.00. The minimum absolute atomic E-state index is 0.0487. The first-order chi connectivity index (χ1) is 13.0. The van der Waals surface area contributed by atoms with Crippen molar-refractivity contribution in [1.82, 2.24) is 0 Å². The summed E-state index contributed by atoms with van der Waals surface area (Å²) < 4.78 is 15.3. The van der Waals surface area contributed by atoms with Crippen LogP contribution in [-0.2, 0) is 35.2 Å². The second-order valence-corrected chi connectivity index (χ2v) is 6.47. The molecule has 6 heteroatoms. The molecule has 0 aliphatic carbocycles. The lowest BCUT2D eigenvalue weighted by Gasteiger charge is -2.13. The van der Waals surface area contributed by atoms with Gasteiger partial charge in [0, 0.05) is 26.1 Å². The highest BCUT2D eigenvalue weighted by Crippen LogP contribution is 2.15. The van der Waals surface area contributed by atoms with Crippen LogP contribution >= 0.6 is 0 Å². The van der Waals surface area contributed by atoms with Gasteiger partial charge in [0.2, 0.25) is 0 Å². The highest BCUT2D eigenvalue weighted by Gasteiger charge is 2.19. The number of hydrogen-bond donors (Lipinski definition) is 0. The molecule has 1 atom stereocenters. The quantitative estimate of drug-likeness (QED) is 0.364. The van der Waals surface area contributed by atoms with Gasteiger partial charge in [0.25, 0.3) is 0 Å². The zero-order valence-corrected chi connectivity index (χ0v) is 16.3. The fourth-order valence-corrected chi connectivity index (χ4v) is 2.55. The monoisotopic (exact) mass is 378 g/mol. The SMILES string of the molecule is COCCCCC(=O)OCCCC(CC(=O)OCc1ccccc1)C(C)=O. The van der Waals surface area contributed by atoms with E-state index in [2.05, 4.69) is 0 Å². The zero-order chi connectivity index (χ0) is 19.9. The molecule has 0 saturated carbocycles. The number of carbonyl (C=O) groups is 3. The molecule has 6 nitrogen and oxygen atoms in total. The van der Waals surface area contributed by atoms with Crippen molar-refractivity contribution in [1.29, 1.82) is 0 Å². The van der Waals surface area contributed by atoms with Gasteiger partial charge in [-0.1, -0.05) is 30.3 Å². The molecule has 0 radical (unpaired) electrons. The first-order valence-corrected chi connectivity index (χ1v) is 9.37. The summed E-state index contributed by atoms with van der Waals surface area (Å²) in [7, 11) is 1.63. The van der Waals surface area contributed by atoms with E-state index >= 15 is 0 Å². The Bertz CT molecular complexity index is 569. The number of unbranched alkanes of at least 4 members (excludes halogenated alkanes) is 1. The van der Waals surface area contributed by atoms with E-state index in [9.17, 15) is 14.4 Å². The molecule has 1 rings (SSSR count). The summed E-state index contributed by atoms with van der Waals surface area (Å²) in [5, 5.41) is 0. The van der Waals surface area contributed by atoms with Crippen LogP contribution in [0.15, 0.2) is 30.3 Å². The number of ketones is 1. The van der Waals surface area contributed by atoms with Crippen molar-refractivity contribution >= 4 is 17.7 Å². The summed E-state index contributed by atoms with van der Waals surface area (Å²) in [6, 6.07) is 9.39. The fourth-order valence-electron chi connectivity index (χ4n) is 2.55. The maximum atomic E-state index is 12.0. The van der Waals surface area contributed by atoms with Gasteiger partial charge < -0.3 is 14.2 Å². The Labute approximate surface area is 161 Å². The van der Waals surface area contributed by atoms with E-state index in [-0.39, 0.29) is 31.4 Å². The molecule has 0 aromatic heterocycles. The summed E-state index contributed by atoms with van der Waals surface area (Å²) in [6.45, 7) is 2.56. The molecule has 0 N–H and O–H groups in total. The lowest BCUT2D eigenvalue weighted by atomic mass is 9.96. The normalized spacial score (nSPS) is 11.6. The molecule has 1 unspecified atom stereocenters. The number of Topliss-reactive ketones (excluding diaryl/α,β-unsaturated/α-hetero) is 1. The standard InChI is InChI=1S/C21H30O6/c1-17(22)19(11-8-14-26-20(23)12-6-7-13-25-2)15-21(24)27-16-18-9-4-3-5-10-18/h3-5,9-10,19H,6-8,11-16H2,1-2H3. The third-order valence-corrected chi connectivity index (χ3v) is 4.17. The Kier molecular flexibility index (Phi) is 11.8. The molecule has 0 spiro atoms. The van der Waals surface area contributed by atoms with Gasteiger partial charge in [0.1, 0.15) is 12.4 Å². The van der Waals surface area contributed by atoms with E-state index < -0.39 is 11.9 Å². The third-order valence-electron chi connectivity index (χ3n) is 4.17. The van der Waals surface area contributed by atoms with Gasteiger partial charge in [-0.05, 0) is 38.2 Å². The molecule has 0 heterocycles. The van der Waals surface area contributed by atoms with E-state index in [4.69, 9.17) is 14.2 Å². The molecule has 0 aliphatic rings. The second kappa shape index (κ2) is 13.9. The number of benzene rings is 1. The summed E-state index contributed by atoms with van der Waals surface area (Å²) in [4.78, 5) is 35.3. The molecular weight excluding hydrogens is 348 g/mol. The smallest absolute Gasteiger partial charge is 0.306 e. The predicted octanol–water partition coefficient (Wildman–Crippen LogP) is 3.47. The van der Waals surface area contributed by atoms with Gasteiger partial charge in [-0.25, -0.2) is 0 Å². The van der Waals surface area contributed by atoms with Gasteiger partial charge in [-0.15, -0.1) is 0 Å². The second-order valence-electron chi connectivity index (χ2n) is 6.47. The first kappa shape index (κ1) is 22.8. The van der Waals surface area contributed by atoms with Crippen LogP contribution in [0.4, 0.5) is 0 Å². The molecule has 0 bridgehead atoms. The van der Waals surface area contributed by atoms with E-state index in [1.807, 2.05) is 30.3 Å². The zero-order valence-electron chi connectivity index (χ0n) is 16.3.